The van der Waals surface area contributed by atoms with E-state index in [0.717, 1.165) is 10.0 Å². The molecule has 1 aromatic carbocycles. The Morgan fingerprint density at radius 2 is 2.06 bits per heavy atom. The van der Waals surface area contributed by atoms with Crippen molar-refractivity contribution in [1.82, 2.24) is 9.97 Å². The van der Waals surface area contributed by atoms with Crippen molar-refractivity contribution in [2.75, 3.05) is 7.11 Å². The predicted octanol–water partition coefficient (Wildman–Crippen LogP) is 4.33. The fraction of sp³-hybridized carbons (Fsp3) is 0.0909. The molecular formula is C11H7Br2ClN2O. The van der Waals surface area contributed by atoms with E-state index in [9.17, 15) is 0 Å². The molecule has 0 aliphatic heterocycles. The Balaban J connectivity index is 2.58. The largest absolute Gasteiger partial charge is 0.496 e. The minimum absolute atomic E-state index is 0.372. The third kappa shape index (κ3) is 2.78. The van der Waals surface area contributed by atoms with Gasteiger partial charge in [-0.1, -0.05) is 27.5 Å². The van der Waals surface area contributed by atoms with Gasteiger partial charge in [0.1, 0.15) is 10.9 Å². The van der Waals surface area contributed by atoms with E-state index in [0.29, 0.717) is 21.2 Å². The van der Waals surface area contributed by atoms with E-state index in [1.54, 1.807) is 13.3 Å². The van der Waals surface area contributed by atoms with E-state index in [2.05, 4.69) is 41.8 Å². The molecule has 0 aliphatic carbocycles. The van der Waals surface area contributed by atoms with Crippen LogP contribution in [0.3, 0.4) is 0 Å². The van der Waals surface area contributed by atoms with Crippen molar-refractivity contribution in [2.24, 2.45) is 0 Å². The quantitative estimate of drug-likeness (QED) is 0.730. The van der Waals surface area contributed by atoms with E-state index in [4.69, 9.17) is 16.3 Å². The summed E-state index contributed by atoms with van der Waals surface area (Å²) in [7, 11) is 1.60. The summed E-state index contributed by atoms with van der Waals surface area (Å²) in [6.07, 6.45) is 1.62. The maximum atomic E-state index is 5.95. The second-order valence-electron chi connectivity index (χ2n) is 3.18. The number of halogens is 3. The molecule has 0 unspecified atom stereocenters. The first-order valence-corrected chi connectivity index (χ1v) is 6.60. The van der Waals surface area contributed by atoms with Gasteiger partial charge < -0.3 is 4.74 Å². The SMILES string of the molecule is COc1ccc(Br)cc1-c1ncc(Br)c(Cl)n1. The second kappa shape index (κ2) is 5.33. The van der Waals surface area contributed by atoms with Crippen LogP contribution in [0.15, 0.2) is 33.3 Å². The number of hydrogen-bond acceptors (Lipinski definition) is 3. The number of rotatable bonds is 2. The van der Waals surface area contributed by atoms with E-state index in [1.807, 2.05) is 18.2 Å². The Morgan fingerprint density at radius 1 is 1.29 bits per heavy atom. The van der Waals surface area contributed by atoms with Crippen LogP contribution in [-0.4, -0.2) is 17.1 Å². The number of aromatic nitrogens is 2. The summed E-state index contributed by atoms with van der Waals surface area (Å²) in [5, 5.41) is 0.372. The third-order valence-electron chi connectivity index (χ3n) is 2.10. The van der Waals surface area contributed by atoms with Gasteiger partial charge in [0.2, 0.25) is 0 Å². The lowest BCUT2D eigenvalue weighted by Gasteiger charge is -2.08. The second-order valence-corrected chi connectivity index (χ2v) is 5.30. The molecule has 0 saturated carbocycles. The van der Waals surface area contributed by atoms with Crippen LogP contribution in [0.1, 0.15) is 0 Å². The standard InChI is InChI=1S/C11H7Br2ClN2O/c1-17-9-3-2-6(12)4-7(9)11-15-5-8(13)10(14)16-11/h2-5H,1H3. The van der Waals surface area contributed by atoms with E-state index < -0.39 is 0 Å². The van der Waals surface area contributed by atoms with Gasteiger partial charge in [0.25, 0.3) is 0 Å². The molecule has 0 aliphatic rings. The van der Waals surface area contributed by atoms with Gasteiger partial charge in [0, 0.05) is 10.7 Å². The molecular weight excluding hydrogens is 371 g/mol. The van der Waals surface area contributed by atoms with Crippen molar-refractivity contribution in [3.63, 3.8) is 0 Å². The summed E-state index contributed by atoms with van der Waals surface area (Å²) >= 11 is 12.6. The van der Waals surface area contributed by atoms with E-state index >= 15 is 0 Å². The van der Waals surface area contributed by atoms with Crippen LogP contribution >= 0.6 is 43.5 Å². The maximum absolute atomic E-state index is 5.95. The molecule has 17 heavy (non-hydrogen) atoms. The molecule has 1 aromatic heterocycles. The molecule has 0 fully saturated rings. The number of ether oxygens (including phenoxy) is 1. The van der Waals surface area contributed by atoms with E-state index in [-0.39, 0.29) is 0 Å². The highest BCUT2D eigenvalue weighted by Crippen LogP contribution is 2.32. The lowest BCUT2D eigenvalue weighted by molar-refractivity contribution is 0.416. The molecule has 0 N–H and O–H groups in total. The molecule has 2 aromatic rings. The first-order chi connectivity index (χ1) is 8.11. The van der Waals surface area contributed by atoms with Gasteiger partial charge in [-0.15, -0.1) is 0 Å². The molecule has 2 rings (SSSR count). The lowest BCUT2D eigenvalue weighted by atomic mass is 10.2. The average molecular weight is 378 g/mol. The van der Waals surface area contributed by atoms with Crippen LogP contribution in [-0.2, 0) is 0 Å². The molecule has 0 radical (unpaired) electrons. The third-order valence-corrected chi connectivity index (χ3v) is 3.69. The summed E-state index contributed by atoms with van der Waals surface area (Å²) in [6, 6.07) is 5.62. The van der Waals surface area contributed by atoms with E-state index in [1.165, 1.54) is 0 Å². The Bertz CT molecular complexity index is 563. The van der Waals surface area contributed by atoms with Crippen molar-refractivity contribution in [2.45, 2.75) is 0 Å². The van der Waals surface area contributed by atoms with Crippen LogP contribution in [0, 0.1) is 0 Å². The van der Waals surface area contributed by atoms with Gasteiger partial charge in [0.05, 0.1) is 17.1 Å². The zero-order valence-corrected chi connectivity index (χ0v) is 12.7. The van der Waals surface area contributed by atoms with Crippen molar-refractivity contribution < 1.29 is 4.74 Å². The Kier molecular flexibility index (Phi) is 4.01. The van der Waals surface area contributed by atoms with Gasteiger partial charge in [-0.05, 0) is 34.1 Å². The van der Waals surface area contributed by atoms with Crippen LogP contribution in [0.4, 0.5) is 0 Å². The minimum atomic E-state index is 0.372. The fourth-order valence-electron chi connectivity index (χ4n) is 1.33. The first kappa shape index (κ1) is 12.8. The monoisotopic (exact) mass is 376 g/mol. The topological polar surface area (TPSA) is 35.0 Å². The van der Waals surface area contributed by atoms with Crippen LogP contribution in [0.25, 0.3) is 11.4 Å². The maximum Gasteiger partial charge on any atom is 0.164 e. The highest BCUT2D eigenvalue weighted by atomic mass is 79.9. The molecule has 0 bridgehead atoms. The Labute approximate surface area is 120 Å². The molecule has 6 heteroatoms. The highest BCUT2D eigenvalue weighted by Gasteiger charge is 2.11. The zero-order valence-electron chi connectivity index (χ0n) is 8.75. The molecule has 0 saturated heterocycles. The van der Waals surface area contributed by atoms with Crippen molar-refractivity contribution >= 4 is 43.5 Å². The van der Waals surface area contributed by atoms with Crippen LogP contribution < -0.4 is 4.74 Å². The zero-order chi connectivity index (χ0) is 12.4. The average Bonchev–Trinajstić information content (AvgIpc) is 2.32. The van der Waals surface area contributed by atoms with Crippen LogP contribution in [0.2, 0.25) is 5.15 Å². The summed E-state index contributed by atoms with van der Waals surface area (Å²) < 4.78 is 6.86. The number of nitrogens with zero attached hydrogens (tertiary/aromatic N) is 2. The Morgan fingerprint density at radius 3 is 2.71 bits per heavy atom. The number of benzene rings is 1. The molecule has 0 amide bonds. The van der Waals surface area contributed by atoms with Crippen molar-refractivity contribution in [3.05, 3.63) is 38.5 Å². The highest BCUT2D eigenvalue weighted by molar-refractivity contribution is 9.10. The van der Waals surface area contributed by atoms with Gasteiger partial charge in [-0.2, -0.15) is 0 Å². The van der Waals surface area contributed by atoms with Crippen molar-refractivity contribution in [3.8, 4) is 17.1 Å². The lowest BCUT2D eigenvalue weighted by Crippen LogP contribution is -1.93. The molecule has 0 spiro atoms. The molecule has 1 heterocycles. The molecule has 88 valence electrons. The fourth-order valence-corrected chi connectivity index (χ4v) is 2.01. The summed E-state index contributed by atoms with van der Waals surface area (Å²) in [5.41, 5.74) is 0.788. The van der Waals surface area contributed by atoms with Gasteiger partial charge in [-0.3, -0.25) is 0 Å². The first-order valence-electron chi connectivity index (χ1n) is 4.64. The minimum Gasteiger partial charge on any atom is -0.496 e. The van der Waals surface area contributed by atoms with Gasteiger partial charge in [0.15, 0.2) is 5.82 Å². The molecule has 0 atom stereocenters. The predicted molar refractivity (Wildman–Crippen MR) is 74.4 cm³/mol. The smallest absolute Gasteiger partial charge is 0.164 e. The number of hydrogen-bond donors (Lipinski definition) is 0. The summed E-state index contributed by atoms with van der Waals surface area (Å²) in [5.74, 6) is 1.22. The Hall–Kier alpha value is -0.650. The number of methoxy groups -OCH3 is 1. The van der Waals surface area contributed by atoms with Gasteiger partial charge in [-0.25, -0.2) is 9.97 Å². The summed E-state index contributed by atoms with van der Waals surface area (Å²) in [4.78, 5) is 8.42. The summed E-state index contributed by atoms with van der Waals surface area (Å²) in [6.45, 7) is 0. The normalized spacial score (nSPS) is 10.4. The van der Waals surface area contributed by atoms with Crippen molar-refractivity contribution in [1.29, 1.82) is 0 Å². The van der Waals surface area contributed by atoms with Crippen LogP contribution in [0.5, 0.6) is 5.75 Å². The molecule has 3 nitrogen and oxygen atoms in total. The van der Waals surface area contributed by atoms with Gasteiger partial charge >= 0.3 is 0 Å².